The largest absolute Gasteiger partial charge is 0.477 e. The normalized spacial score (nSPS) is 17.5. The van der Waals surface area contributed by atoms with E-state index in [1.807, 2.05) is 0 Å². The predicted molar refractivity (Wildman–Crippen MR) is 56.5 cm³/mol. The number of carboxylic acids is 1. The fourth-order valence-corrected chi connectivity index (χ4v) is 1.45. The Hall–Kier alpha value is -2.31. The molecule has 0 unspecified atom stereocenters. The van der Waals surface area contributed by atoms with Crippen LogP contribution in [0, 0.1) is 0 Å². The smallest absolute Gasteiger partial charge is 0.359 e. The number of carboxylic acid groups (broad SMARTS) is 1. The van der Waals surface area contributed by atoms with Gasteiger partial charge in [-0.25, -0.2) is 9.59 Å². The summed E-state index contributed by atoms with van der Waals surface area (Å²) in [5.41, 5.74) is 0.882. The van der Waals surface area contributed by atoms with E-state index in [1.165, 1.54) is 6.08 Å². The Bertz CT molecular complexity index is 514. The highest BCUT2D eigenvalue weighted by Crippen LogP contribution is 2.28. The first-order chi connectivity index (χ1) is 8.13. The molecule has 0 bridgehead atoms. The fraction of sp³-hybridized carbons (Fsp3) is 0.300. The van der Waals surface area contributed by atoms with Crippen molar-refractivity contribution in [3.8, 4) is 0 Å². The maximum atomic E-state index is 11.5. The van der Waals surface area contributed by atoms with Crippen LogP contribution in [0.2, 0.25) is 0 Å². The molecule has 0 spiro atoms. The highest BCUT2D eigenvalue weighted by molar-refractivity contribution is 6.41. The molecule has 2 aliphatic heterocycles. The van der Waals surface area contributed by atoms with Crippen molar-refractivity contribution in [3.63, 3.8) is 0 Å². The molecule has 0 aromatic heterocycles. The zero-order valence-electron chi connectivity index (χ0n) is 9.01. The standard InChI is InChI=1S/C10H9N3O4/c1-2-17-10(16)8-5-4-11-7(9(14)15)3-6(5)12-13-8/h3H,2,4H2,1H3,(H,14,15). The van der Waals surface area contributed by atoms with Gasteiger partial charge in [0, 0.05) is 5.57 Å². The summed E-state index contributed by atoms with van der Waals surface area (Å²) in [6, 6.07) is 0. The van der Waals surface area contributed by atoms with Crippen LogP contribution >= 0.6 is 0 Å². The molecule has 0 aliphatic carbocycles. The number of dihydropyridines is 1. The zero-order valence-corrected chi connectivity index (χ0v) is 9.01. The van der Waals surface area contributed by atoms with Crippen molar-refractivity contribution in [2.45, 2.75) is 6.92 Å². The average molecular weight is 235 g/mol. The number of azo groups is 1. The molecule has 2 aliphatic rings. The van der Waals surface area contributed by atoms with E-state index in [9.17, 15) is 9.59 Å². The number of aliphatic carboxylic acids is 1. The van der Waals surface area contributed by atoms with Gasteiger partial charge >= 0.3 is 11.9 Å². The minimum atomic E-state index is -1.13. The first-order valence-electron chi connectivity index (χ1n) is 4.95. The van der Waals surface area contributed by atoms with E-state index in [1.54, 1.807) is 6.92 Å². The lowest BCUT2D eigenvalue weighted by Crippen LogP contribution is -2.17. The summed E-state index contributed by atoms with van der Waals surface area (Å²) in [5.74, 6) is -1.69. The molecule has 0 atom stereocenters. The molecule has 2 heterocycles. The fourth-order valence-electron chi connectivity index (χ4n) is 1.45. The van der Waals surface area contributed by atoms with E-state index < -0.39 is 11.9 Å². The van der Waals surface area contributed by atoms with Crippen LogP contribution in [0.3, 0.4) is 0 Å². The lowest BCUT2D eigenvalue weighted by atomic mass is 10.1. The number of nitrogens with zero attached hydrogens (tertiary/aromatic N) is 3. The molecule has 0 radical (unpaired) electrons. The third-order valence-corrected chi connectivity index (χ3v) is 2.22. The molecule has 2 rings (SSSR count). The molecule has 1 N–H and O–H groups in total. The lowest BCUT2D eigenvalue weighted by molar-refractivity contribution is -0.138. The first-order valence-corrected chi connectivity index (χ1v) is 4.95. The van der Waals surface area contributed by atoms with Crippen LogP contribution < -0.4 is 0 Å². The van der Waals surface area contributed by atoms with Gasteiger partial charge in [0.1, 0.15) is 5.71 Å². The number of fused-ring (bicyclic) bond motifs is 1. The topological polar surface area (TPSA) is 101 Å². The van der Waals surface area contributed by atoms with Gasteiger partial charge in [-0.3, -0.25) is 4.99 Å². The second kappa shape index (κ2) is 4.28. The third-order valence-electron chi connectivity index (χ3n) is 2.22. The van der Waals surface area contributed by atoms with Gasteiger partial charge in [-0.05, 0) is 13.0 Å². The van der Waals surface area contributed by atoms with Gasteiger partial charge in [-0.1, -0.05) is 0 Å². The van der Waals surface area contributed by atoms with Gasteiger partial charge < -0.3 is 9.84 Å². The monoisotopic (exact) mass is 235 g/mol. The summed E-state index contributed by atoms with van der Waals surface area (Å²) in [7, 11) is 0. The van der Waals surface area contributed by atoms with E-state index in [2.05, 4.69) is 15.2 Å². The summed E-state index contributed by atoms with van der Waals surface area (Å²) in [5, 5.41) is 16.2. The Balaban J connectivity index is 2.29. The third kappa shape index (κ3) is 1.99. The van der Waals surface area contributed by atoms with Crippen molar-refractivity contribution in [2.75, 3.05) is 13.2 Å². The number of carbonyl (C=O) groups excluding carboxylic acids is 1. The van der Waals surface area contributed by atoms with Gasteiger partial charge in [0.25, 0.3) is 0 Å². The van der Waals surface area contributed by atoms with Gasteiger partial charge in [0.2, 0.25) is 0 Å². The average Bonchev–Trinajstić information content (AvgIpc) is 2.71. The minimum Gasteiger partial charge on any atom is -0.477 e. The van der Waals surface area contributed by atoms with Crippen molar-refractivity contribution in [2.24, 2.45) is 15.2 Å². The second-order valence-electron chi connectivity index (χ2n) is 3.28. The summed E-state index contributed by atoms with van der Waals surface area (Å²) in [6.45, 7) is 2.01. The molecule has 0 fully saturated rings. The van der Waals surface area contributed by atoms with Crippen molar-refractivity contribution < 1.29 is 19.4 Å². The van der Waals surface area contributed by atoms with Crippen LogP contribution in [-0.4, -0.2) is 35.9 Å². The lowest BCUT2D eigenvalue weighted by Gasteiger charge is -2.07. The van der Waals surface area contributed by atoms with Gasteiger partial charge in [0.05, 0.1) is 18.8 Å². The van der Waals surface area contributed by atoms with Crippen molar-refractivity contribution in [1.82, 2.24) is 0 Å². The number of ether oxygens (including phenoxy) is 1. The minimum absolute atomic E-state index is 0.0780. The first kappa shape index (κ1) is 11.2. The Morgan fingerprint density at radius 3 is 2.88 bits per heavy atom. The van der Waals surface area contributed by atoms with Crippen molar-refractivity contribution in [1.29, 1.82) is 0 Å². The molecule has 7 nitrogen and oxygen atoms in total. The summed E-state index contributed by atoms with van der Waals surface area (Å²) in [4.78, 5) is 26.0. The number of carbonyl (C=O) groups is 2. The van der Waals surface area contributed by atoms with Crippen molar-refractivity contribution in [3.05, 3.63) is 23.0 Å². The summed E-state index contributed by atoms with van der Waals surface area (Å²) in [6.07, 6.45) is 1.29. The Morgan fingerprint density at radius 1 is 1.47 bits per heavy atom. The molecule has 17 heavy (non-hydrogen) atoms. The molecule has 88 valence electrons. The molecule has 0 aromatic rings. The Morgan fingerprint density at radius 2 is 2.24 bits per heavy atom. The molecule has 7 heteroatoms. The van der Waals surface area contributed by atoms with Gasteiger partial charge in [-0.15, -0.1) is 10.2 Å². The SMILES string of the molecule is CCOC(=O)C1=C2CN=C(C(=O)O)C=C2N=N1. The van der Waals surface area contributed by atoms with E-state index >= 15 is 0 Å². The van der Waals surface area contributed by atoms with E-state index in [4.69, 9.17) is 9.84 Å². The van der Waals surface area contributed by atoms with Gasteiger partial charge in [0.15, 0.2) is 5.70 Å². The quantitative estimate of drug-likeness (QED) is 0.727. The predicted octanol–water partition coefficient (Wildman–Crippen LogP) is 0.692. The van der Waals surface area contributed by atoms with Crippen LogP contribution in [0.1, 0.15) is 6.92 Å². The maximum Gasteiger partial charge on any atom is 0.359 e. The summed E-state index contributed by atoms with van der Waals surface area (Å²) >= 11 is 0. The molecular formula is C10H9N3O4. The molecule has 0 amide bonds. The van der Waals surface area contributed by atoms with Crippen LogP contribution in [0.25, 0.3) is 0 Å². The van der Waals surface area contributed by atoms with Gasteiger partial charge in [-0.2, -0.15) is 0 Å². The number of hydrogen-bond donors (Lipinski definition) is 1. The van der Waals surface area contributed by atoms with Crippen LogP contribution in [0.5, 0.6) is 0 Å². The zero-order chi connectivity index (χ0) is 12.4. The number of hydrogen-bond acceptors (Lipinski definition) is 6. The van der Waals surface area contributed by atoms with E-state index in [0.29, 0.717) is 11.3 Å². The number of aliphatic imine (C=N–C) groups is 1. The maximum absolute atomic E-state index is 11.5. The molecule has 0 saturated carbocycles. The Labute approximate surface area is 96.2 Å². The Kier molecular flexibility index (Phi) is 2.82. The highest BCUT2D eigenvalue weighted by atomic mass is 16.5. The van der Waals surface area contributed by atoms with Crippen LogP contribution in [0.4, 0.5) is 0 Å². The molecule has 0 aromatic carbocycles. The van der Waals surface area contributed by atoms with Crippen LogP contribution in [-0.2, 0) is 14.3 Å². The van der Waals surface area contributed by atoms with Crippen molar-refractivity contribution >= 4 is 17.7 Å². The summed E-state index contributed by atoms with van der Waals surface area (Å²) < 4.78 is 4.81. The molecule has 0 saturated heterocycles. The highest BCUT2D eigenvalue weighted by Gasteiger charge is 2.28. The van der Waals surface area contributed by atoms with E-state index in [0.717, 1.165) is 0 Å². The second-order valence-corrected chi connectivity index (χ2v) is 3.28. The number of rotatable bonds is 3. The molecular weight excluding hydrogens is 226 g/mol. The van der Waals surface area contributed by atoms with Crippen LogP contribution in [0.15, 0.2) is 38.3 Å². The van der Waals surface area contributed by atoms with E-state index in [-0.39, 0.29) is 24.6 Å². The number of esters is 1.